The summed E-state index contributed by atoms with van der Waals surface area (Å²) in [6, 6.07) is 2.07. The van der Waals surface area contributed by atoms with Crippen LogP contribution in [0.4, 0.5) is 5.69 Å². The van der Waals surface area contributed by atoms with Crippen molar-refractivity contribution >= 4 is 17.4 Å². The van der Waals surface area contributed by atoms with E-state index in [1.807, 2.05) is 18.0 Å². The number of hydrogen-bond acceptors (Lipinski definition) is 3. The zero-order chi connectivity index (χ0) is 9.10. The first-order valence-electron chi connectivity index (χ1n) is 4.65. The van der Waals surface area contributed by atoms with E-state index in [0.29, 0.717) is 5.92 Å². The highest BCUT2D eigenvalue weighted by atomic mass is 32.2. The van der Waals surface area contributed by atoms with Crippen LogP contribution in [0.3, 0.4) is 0 Å². The van der Waals surface area contributed by atoms with Gasteiger partial charge in [-0.05, 0) is 41.9 Å². The monoisotopic (exact) mass is 194 g/mol. The minimum absolute atomic E-state index is 0.671. The van der Waals surface area contributed by atoms with Crippen LogP contribution in [-0.2, 0) is 0 Å². The van der Waals surface area contributed by atoms with E-state index in [2.05, 4.69) is 11.1 Å². The maximum atomic E-state index is 5.88. The van der Waals surface area contributed by atoms with Gasteiger partial charge in [-0.2, -0.15) is 11.8 Å². The molecule has 2 nitrogen and oxygen atoms in total. The van der Waals surface area contributed by atoms with E-state index in [4.69, 9.17) is 5.73 Å². The van der Waals surface area contributed by atoms with Gasteiger partial charge in [0.15, 0.2) is 0 Å². The summed E-state index contributed by atoms with van der Waals surface area (Å²) in [7, 11) is 0. The first-order chi connectivity index (χ1) is 6.38. The second-order valence-corrected chi connectivity index (χ2v) is 4.62. The Hall–Kier alpha value is -0.700. The number of pyridine rings is 1. The molecule has 0 unspecified atom stereocenters. The van der Waals surface area contributed by atoms with Gasteiger partial charge in [-0.25, -0.2) is 0 Å². The second-order valence-electron chi connectivity index (χ2n) is 3.39. The van der Waals surface area contributed by atoms with Gasteiger partial charge in [-0.1, -0.05) is 0 Å². The van der Waals surface area contributed by atoms with Gasteiger partial charge >= 0.3 is 0 Å². The van der Waals surface area contributed by atoms with Crippen LogP contribution >= 0.6 is 11.8 Å². The van der Waals surface area contributed by atoms with E-state index in [-0.39, 0.29) is 0 Å². The van der Waals surface area contributed by atoms with Gasteiger partial charge < -0.3 is 5.73 Å². The molecule has 70 valence electrons. The Bertz CT molecular complexity index is 282. The van der Waals surface area contributed by atoms with Gasteiger partial charge in [0.1, 0.15) is 0 Å². The number of anilines is 1. The van der Waals surface area contributed by atoms with Crippen molar-refractivity contribution in [2.24, 2.45) is 0 Å². The molecule has 0 aliphatic carbocycles. The largest absolute Gasteiger partial charge is 0.397 e. The summed E-state index contributed by atoms with van der Waals surface area (Å²) in [6.45, 7) is 0. The average Bonchev–Trinajstić information content (AvgIpc) is 2.20. The smallest absolute Gasteiger partial charge is 0.0535 e. The Labute approximate surface area is 82.9 Å². The lowest BCUT2D eigenvalue weighted by atomic mass is 9.93. The molecule has 1 aromatic rings. The van der Waals surface area contributed by atoms with Crippen molar-refractivity contribution < 1.29 is 0 Å². The molecular weight excluding hydrogens is 180 g/mol. The predicted octanol–water partition coefficient (Wildman–Crippen LogP) is 2.27. The highest BCUT2D eigenvalue weighted by Crippen LogP contribution is 2.33. The van der Waals surface area contributed by atoms with Crippen molar-refractivity contribution in [2.45, 2.75) is 18.8 Å². The Morgan fingerprint density at radius 1 is 1.38 bits per heavy atom. The maximum absolute atomic E-state index is 5.88. The molecule has 2 N–H and O–H groups in total. The number of nitrogen functional groups attached to an aromatic ring is 1. The Kier molecular flexibility index (Phi) is 2.74. The highest BCUT2D eigenvalue weighted by molar-refractivity contribution is 7.99. The van der Waals surface area contributed by atoms with E-state index in [9.17, 15) is 0 Å². The molecule has 1 aliphatic rings. The standard InChI is InChI=1S/C10H14N2S/c11-10-7-12-4-1-9(10)8-2-5-13-6-3-8/h1,4,7-8H,2-3,5-6,11H2. The van der Waals surface area contributed by atoms with Crippen LogP contribution in [0.2, 0.25) is 0 Å². The lowest BCUT2D eigenvalue weighted by Crippen LogP contribution is -2.10. The normalized spacial score (nSPS) is 18.8. The molecule has 1 saturated heterocycles. The maximum Gasteiger partial charge on any atom is 0.0535 e. The quantitative estimate of drug-likeness (QED) is 0.745. The minimum atomic E-state index is 0.671. The fourth-order valence-electron chi connectivity index (χ4n) is 1.80. The molecule has 13 heavy (non-hydrogen) atoms. The summed E-state index contributed by atoms with van der Waals surface area (Å²) in [5.41, 5.74) is 8.04. The molecule has 0 amide bonds. The fourth-order valence-corrected chi connectivity index (χ4v) is 2.90. The Morgan fingerprint density at radius 2 is 2.15 bits per heavy atom. The van der Waals surface area contributed by atoms with Gasteiger partial charge in [0.05, 0.1) is 11.9 Å². The van der Waals surface area contributed by atoms with Crippen LogP contribution in [0.1, 0.15) is 24.3 Å². The first-order valence-corrected chi connectivity index (χ1v) is 5.80. The lowest BCUT2D eigenvalue weighted by molar-refractivity contribution is 0.638. The van der Waals surface area contributed by atoms with E-state index < -0.39 is 0 Å². The van der Waals surface area contributed by atoms with E-state index in [1.165, 1.54) is 29.9 Å². The third kappa shape index (κ3) is 1.97. The van der Waals surface area contributed by atoms with Crippen molar-refractivity contribution in [1.82, 2.24) is 4.98 Å². The summed E-state index contributed by atoms with van der Waals surface area (Å²) in [4.78, 5) is 4.01. The summed E-state index contributed by atoms with van der Waals surface area (Å²) < 4.78 is 0. The van der Waals surface area contributed by atoms with E-state index >= 15 is 0 Å². The molecule has 3 heteroatoms. The molecule has 0 radical (unpaired) electrons. The number of thioether (sulfide) groups is 1. The first kappa shape index (κ1) is 8.88. The average molecular weight is 194 g/mol. The molecule has 0 saturated carbocycles. The predicted molar refractivity (Wildman–Crippen MR) is 57.9 cm³/mol. The Balaban J connectivity index is 2.18. The number of rotatable bonds is 1. The zero-order valence-electron chi connectivity index (χ0n) is 7.57. The van der Waals surface area contributed by atoms with Crippen molar-refractivity contribution in [3.8, 4) is 0 Å². The van der Waals surface area contributed by atoms with Gasteiger partial charge in [0.25, 0.3) is 0 Å². The van der Waals surface area contributed by atoms with Crippen LogP contribution in [0, 0.1) is 0 Å². The number of nitrogens with zero attached hydrogens (tertiary/aromatic N) is 1. The second kappa shape index (κ2) is 4.01. The molecule has 1 fully saturated rings. The highest BCUT2D eigenvalue weighted by Gasteiger charge is 2.17. The summed E-state index contributed by atoms with van der Waals surface area (Å²) in [5.74, 6) is 3.21. The molecule has 0 atom stereocenters. The lowest BCUT2D eigenvalue weighted by Gasteiger charge is -2.22. The zero-order valence-corrected chi connectivity index (χ0v) is 8.39. The third-order valence-electron chi connectivity index (χ3n) is 2.55. The van der Waals surface area contributed by atoms with Crippen LogP contribution in [0.25, 0.3) is 0 Å². The van der Waals surface area contributed by atoms with Crippen molar-refractivity contribution in [3.05, 3.63) is 24.0 Å². The van der Waals surface area contributed by atoms with Crippen molar-refractivity contribution in [1.29, 1.82) is 0 Å². The molecule has 0 spiro atoms. The molecule has 0 bridgehead atoms. The fraction of sp³-hybridized carbons (Fsp3) is 0.500. The third-order valence-corrected chi connectivity index (χ3v) is 3.60. The molecule has 1 aromatic heterocycles. The number of nitrogens with two attached hydrogens (primary N) is 1. The molecule has 1 aliphatic heterocycles. The molecule has 0 aromatic carbocycles. The van der Waals surface area contributed by atoms with E-state index in [0.717, 1.165) is 5.69 Å². The molecule has 2 rings (SSSR count). The van der Waals surface area contributed by atoms with Crippen LogP contribution in [0.15, 0.2) is 18.5 Å². The summed E-state index contributed by atoms with van der Waals surface area (Å²) in [5, 5.41) is 0. The van der Waals surface area contributed by atoms with Crippen LogP contribution < -0.4 is 5.73 Å². The summed E-state index contributed by atoms with van der Waals surface area (Å²) >= 11 is 2.04. The number of aromatic nitrogens is 1. The number of hydrogen-bond donors (Lipinski definition) is 1. The SMILES string of the molecule is Nc1cnccc1C1CCSCC1. The van der Waals surface area contributed by atoms with Crippen molar-refractivity contribution in [3.63, 3.8) is 0 Å². The van der Waals surface area contributed by atoms with E-state index in [1.54, 1.807) is 6.20 Å². The topological polar surface area (TPSA) is 38.9 Å². The van der Waals surface area contributed by atoms with Gasteiger partial charge in [0.2, 0.25) is 0 Å². The van der Waals surface area contributed by atoms with Gasteiger partial charge in [-0.3, -0.25) is 4.98 Å². The molecular formula is C10H14N2S. The Morgan fingerprint density at radius 3 is 2.85 bits per heavy atom. The minimum Gasteiger partial charge on any atom is -0.397 e. The van der Waals surface area contributed by atoms with Gasteiger partial charge in [0, 0.05) is 6.20 Å². The van der Waals surface area contributed by atoms with Crippen LogP contribution in [0.5, 0.6) is 0 Å². The van der Waals surface area contributed by atoms with Crippen LogP contribution in [-0.4, -0.2) is 16.5 Å². The summed E-state index contributed by atoms with van der Waals surface area (Å²) in [6.07, 6.45) is 6.13. The van der Waals surface area contributed by atoms with Crippen molar-refractivity contribution in [2.75, 3.05) is 17.2 Å². The molecule has 2 heterocycles. The van der Waals surface area contributed by atoms with Gasteiger partial charge in [-0.15, -0.1) is 0 Å².